The highest BCUT2D eigenvalue weighted by Crippen LogP contribution is 2.39. The molecule has 0 atom stereocenters. The highest BCUT2D eigenvalue weighted by Gasteiger charge is 2.21. The van der Waals surface area contributed by atoms with Crippen molar-refractivity contribution in [2.75, 3.05) is 0 Å². The van der Waals surface area contributed by atoms with Crippen LogP contribution in [0, 0.1) is 6.92 Å². The fourth-order valence-electron chi connectivity index (χ4n) is 4.26. The van der Waals surface area contributed by atoms with Crippen molar-refractivity contribution in [3.05, 3.63) is 106 Å². The molecule has 0 unspecified atom stereocenters. The van der Waals surface area contributed by atoms with Crippen molar-refractivity contribution in [3.8, 4) is 11.1 Å². The third kappa shape index (κ3) is 2.87. The van der Waals surface area contributed by atoms with Gasteiger partial charge in [-0.15, -0.1) is 0 Å². The van der Waals surface area contributed by atoms with Crippen molar-refractivity contribution < 1.29 is 4.42 Å². The molecule has 0 saturated heterocycles. The minimum Gasteiger partial charge on any atom is -0.422 e. The van der Waals surface area contributed by atoms with Gasteiger partial charge in [-0.2, -0.15) is 0 Å². The monoisotopic (exact) mass is 379 g/mol. The summed E-state index contributed by atoms with van der Waals surface area (Å²) in [7, 11) is 2.09. The molecule has 0 aliphatic rings. The van der Waals surface area contributed by atoms with E-state index >= 15 is 0 Å². The largest absolute Gasteiger partial charge is 0.422 e. The second-order valence-electron chi connectivity index (χ2n) is 7.49. The third-order valence-electron chi connectivity index (χ3n) is 5.68. The van der Waals surface area contributed by atoms with E-state index in [2.05, 4.69) is 60.1 Å². The summed E-state index contributed by atoms with van der Waals surface area (Å²) in [5.41, 5.74) is 7.07. The van der Waals surface area contributed by atoms with Gasteiger partial charge in [-0.25, -0.2) is 4.79 Å². The van der Waals surface area contributed by atoms with Gasteiger partial charge in [0.25, 0.3) is 0 Å². The van der Waals surface area contributed by atoms with E-state index in [-0.39, 0.29) is 5.63 Å². The van der Waals surface area contributed by atoms with E-state index in [0.29, 0.717) is 5.58 Å². The summed E-state index contributed by atoms with van der Waals surface area (Å²) in [6, 6.07) is 26.6. The molecule has 2 heterocycles. The molecule has 29 heavy (non-hydrogen) atoms. The zero-order valence-electron chi connectivity index (χ0n) is 16.5. The molecule has 0 saturated carbocycles. The Kier molecular flexibility index (Phi) is 4.09. The van der Waals surface area contributed by atoms with Gasteiger partial charge in [-0.05, 0) is 35.7 Å². The summed E-state index contributed by atoms with van der Waals surface area (Å²) in [5.74, 6) is 0. The quantitative estimate of drug-likeness (QED) is 0.369. The standard InChI is InChI=1S/C26H21NO2/c1-17-15-23(28)29-26-20(17)13-14-21-25(26)24(19-11-7-4-8-12-19)22(27(21)2)16-18-9-5-3-6-10-18/h3-15H,16H2,1-2H3. The van der Waals surface area contributed by atoms with Crippen molar-refractivity contribution in [1.29, 1.82) is 0 Å². The van der Waals surface area contributed by atoms with E-state index in [1.807, 2.05) is 31.2 Å². The topological polar surface area (TPSA) is 35.1 Å². The number of aryl methyl sites for hydroxylation is 2. The summed E-state index contributed by atoms with van der Waals surface area (Å²) in [4.78, 5) is 12.2. The lowest BCUT2D eigenvalue weighted by Gasteiger charge is -2.09. The number of rotatable bonds is 3. The Morgan fingerprint density at radius 2 is 1.59 bits per heavy atom. The number of hydrogen-bond acceptors (Lipinski definition) is 2. The summed E-state index contributed by atoms with van der Waals surface area (Å²) in [6.07, 6.45) is 0.799. The predicted octanol–water partition coefficient (Wildman–Crippen LogP) is 5.85. The molecule has 0 aliphatic carbocycles. The molecule has 5 rings (SSSR count). The molecule has 0 aliphatic heterocycles. The van der Waals surface area contributed by atoms with Crippen LogP contribution in [0.3, 0.4) is 0 Å². The SMILES string of the molecule is Cc1cc(=O)oc2c1ccc1c2c(-c2ccccc2)c(Cc2ccccc2)n1C. The summed E-state index contributed by atoms with van der Waals surface area (Å²) in [6.45, 7) is 1.96. The average molecular weight is 379 g/mol. The van der Waals surface area contributed by atoms with Gasteiger partial charge in [0.1, 0.15) is 5.58 Å². The first-order valence-electron chi connectivity index (χ1n) is 9.77. The first-order valence-corrected chi connectivity index (χ1v) is 9.77. The minimum absolute atomic E-state index is 0.310. The van der Waals surface area contributed by atoms with Gasteiger partial charge < -0.3 is 8.98 Å². The molecule has 0 radical (unpaired) electrons. The predicted molar refractivity (Wildman–Crippen MR) is 118 cm³/mol. The van der Waals surface area contributed by atoms with Crippen LogP contribution in [0.15, 0.2) is 88.1 Å². The number of nitrogens with zero attached hydrogens (tertiary/aromatic N) is 1. The normalized spacial score (nSPS) is 11.4. The molecule has 0 N–H and O–H groups in total. The highest BCUT2D eigenvalue weighted by atomic mass is 16.4. The molecular formula is C26H21NO2. The van der Waals surface area contributed by atoms with Crippen LogP contribution in [0.5, 0.6) is 0 Å². The maximum absolute atomic E-state index is 12.2. The first kappa shape index (κ1) is 17.5. The van der Waals surface area contributed by atoms with Crippen LogP contribution in [-0.4, -0.2) is 4.57 Å². The molecule has 0 fully saturated rings. The van der Waals surface area contributed by atoms with Crippen LogP contribution < -0.4 is 5.63 Å². The lowest BCUT2D eigenvalue weighted by atomic mass is 9.97. The Labute approximate surface area is 168 Å². The van der Waals surface area contributed by atoms with E-state index in [1.54, 1.807) is 6.07 Å². The van der Waals surface area contributed by atoms with E-state index < -0.39 is 0 Å². The minimum atomic E-state index is -0.310. The fourth-order valence-corrected chi connectivity index (χ4v) is 4.26. The third-order valence-corrected chi connectivity index (χ3v) is 5.68. The molecule has 0 amide bonds. The zero-order chi connectivity index (χ0) is 20.0. The number of aromatic nitrogens is 1. The van der Waals surface area contributed by atoms with Crippen LogP contribution in [0.2, 0.25) is 0 Å². The molecule has 0 bridgehead atoms. The van der Waals surface area contributed by atoms with Gasteiger partial charge >= 0.3 is 5.63 Å². The van der Waals surface area contributed by atoms with Crippen LogP contribution >= 0.6 is 0 Å². The molecule has 2 aromatic heterocycles. The molecule has 0 spiro atoms. The van der Waals surface area contributed by atoms with Crippen LogP contribution in [0.4, 0.5) is 0 Å². The van der Waals surface area contributed by atoms with Crippen molar-refractivity contribution in [2.24, 2.45) is 7.05 Å². The lowest BCUT2D eigenvalue weighted by Crippen LogP contribution is -1.99. The Bertz CT molecular complexity index is 1390. The molecule has 5 aromatic rings. The van der Waals surface area contributed by atoms with Crippen LogP contribution in [-0.2, 0) is 13.5 Å². The van der Waals surface area contributed by atoms with Gasteiger partial charge in [-0.3, -0.25) is 0 Å². The first-order chi connectivity index (χ1) is 14.1. The number of hydrogen-bond donors (Lipinski definition) is 0. The van der Waals surface area contributed by atoms with E-state index in [1.165, 1.54) is 11.3 Å². The van der Waals surface area contributed by atoms with Gasteiger partial charge in [0, 0.05) is 36.2 Å². The second-order valence-corrected chi connectivity index (χ2v) is 7.49. The van der Waals surface area contributed by atoms with Gasteiger partial charge in [0.2, 0.25) is 0 Å². The van der Waals surface area contributed by atoms with Crippen molar-refractivity contribution in [3.63, 3.8) is 0 Å². The van der Waals surface area contributed by atoms with Crippen LogP contribution in [0.1, 0.15) is 16.8 Å². The molecule has 3 nitrogen and oxygen atoms in total. The zero-order valence-corrected chi connectivity index (χ0v) is 16.5. The fraction of sp³-hybridized carbons (Fsp3) is 0.115. The molecular weight excluding hydrogens is 358 g/mol. The van der Waals surface area contributed by atoms with E-state index in [0.717, 1.165) is 39.4 Å². The Hall–Kier alpha value is -3.59. The maximum atomic E-state index is 12.2. The van der Waals surface area contributed by atoms with Gasteiger partial charge in [0.15, 0.2) is 0 Å². The number of fused-ring (bicyclic) bond motifs is 3. The highest BCUT2D eigenvalue weighted by molar-refractivity contribution is 6.13. The van der Waals surface area contributed by atoms with Crippen LogP contribution in [0.25, 0.3) is 33.0 Å². The van der Waals surface area contributed by atoms with Crippen molar-refractivity contribution in [1.82, 2.24) is 4.57 Å². The maximum Gasteiger partial charge on any atom is 0.336 e. The molecule has 3 heteroatoms. The van der Waals surface area contributed by atoms with Gasteiger partial charge in [-0.1, -0.05) is 60.7 Å². The lowest BCUT2D eigenvalue weighted by molar-refractivity contribution is 0.563. The number of benzene rings is 3. The Balaban J connectivity index is 1.93. The van der Waals surface area contributed by atoms with Crippen molar-refractivity contribution >= 4 is 21.9 Å². The summed E-state index contributed by atoms with van der Waals surface area (Å²) < 4.78 is 8.00. The molecule has 142 valence electrons. The smallest absolute Gasteiger partial charge is 0.336 e. The van der Waals surface area contributed by atoms with Gasteiger partial charge in [0.05, 0.1) is 10.9 Å². The van der Waals surface area contributed by atoms with E-state index in [4.69, 9.17) is 4.42 Å². The van der Waals surface area contributed by atoms with Crippen molar-refractivity contribution in [2.45, 2.75) is 13.3 Å². The average Bonchev–Trinajstić information content (AvgIpc) is 3.01. The summed E-state index contributed by atoms with van der Waals surface area (Å²) >= 11 is 0. The second kappa shape index (κ2) is 6.78. The molecule has 3 aromatic carbocycles. The Morgan fingerprint density at radius 3 is 2.31 bits per heavy atom. The summed E-state index contributed by atoms with van der Waals surface area (Å²) in [5, 5.41) is 1.98. The Morgan fingerprint density at radius 1 is 0.897 bits per heavy atom. The van der Waals surface area contributed by atoms with E-state index in [9.17, 15) is 4.79 Å².